The zero-order valence-corrected chi connectivity index (χ0v) is 5.62. The van der Waals surface area contributed by atoms with Crippen LogP contribution in [0.2, 0.25) is 0 Å². The lowest BCUT2D eigenvalue weighted by molar-refractivity contribution is 0.0393. The molecular formula is C5H13N3O2. The third-order valence-electron chi connectivity index (χ3n) is 1.67. The van der Waals surface area contributed by atoms with Gasteiger partial charge in [0.25, 0.3) is 0 Å². The van der Waals surface area contributed by atoms with Crippen molar-refractivity contribution < 1.29 is 10.2 Å². The lowest BCUT2D eigenvalue weighted by Crippen LogP contribution is -2.64. The molecule has 1 aliphatic rings. The average molecular weight is 147 g/mol. The van der Waals surface area contributed by atoms with Gasteiger partial charge in [-0.3, -0.25) is 5.43 Å². The largest absolute Gasteiger partial charge is 0.395 e. The Hall–Kier alpha value is -0.200. The van der Waals surface area contributed by atoms with Gasteiger partial charge in [0.15, 0.2) is 0 Å². The van der Waals surface area contributed by atoms with Crippen LogP contribution in [0.5, 0.6) is 0 Å². The van der Waals surface area contributed by atoms with Crippen LogP contribution >= 0.6 is 0 Å². The molecule has 0 bridgehead atoms. The molecule has 10 heavy (non-hydrogen) atoms. The van der Waals surface area contributed by atoms with E-state index < -0.39 is 6.10 Å². The van der Waals surface area contributed by atoms with Crippen LogP contribution in [0.1, 0.15) is 0 Å². The fraction of sp³-hybridized carbons (Fsp3) is 1.00. The lowest BCUT2D eigenvalue weighted by atomic mass is 10.0. The number of hydrogen-bond acceptors (Lipinski definition) is 5. The summed E-state index contributed by atoms with van der Waals surface area (Å²) in [5, 5.41) is 17.9. The molecule has 1 heterocycles. The topological polar surface area (TPSA) is 90.5 Å². The summed E-state index contributed by atoms with van der Waals surface area (Å²) in [6.45, 7) is 0.416. The van der Waals surface area contributed by atoms with E-state index in [-0.39, 0.29) is 18.7 Å². The highest BCUT2D eigenvalue weighted by atomic mass is 16.3. The van der Waals surface area contributed by atoms with Gasteiger partial charge in [-0.05, 0) is 0 Å². The van der Waals surface area contributed by atoms with Crippen molar-refractivity contribution in [3.63, 3.8) is 0 Å². The van der Waals surface area contributed by atoms with Crippen LogP contribution in [-0.4, -0.2) is 41.6 Å². The highest BCUT2D eigenvalue weighted by Crippen LogP contribution is 1.99. The lowest BCUT2D eigenvalue weighted by Gasteiger charge is -2.32. The molecule has 1 fully saturated rings. The van der Waals surface area contributed by atoms with Crippen LogP contribution in [0.3, 0.4) is 0 Å². The maximum atomic E-state index is 9.25. The first-order valence-electron chi connectivity index (χ1n) is 3.28. The number of hydrogen-bond donors (Lipinski definition) is 5. The molecule has 0 aromatic heterocycles. The number of nitrogens with one attached hydrogen (secondary N) is 2. The highest BCUT2D eigenvalue weighted by molar-refractivity contribution is 4.87. The third kappa shape index (κ3) is 1.44. The van der Waals surface area contributed by atoms with Crippen molar-refractivity contribution in [1.82, 2.24) is 10.9 Å². The van der Waals surface area contributed by atoms with E-state index >= 15 is 0 Å². The van der Waals surface area contributed by atoms with Crippen molar-refractivity contribution >= 4 is 0 Å². The van der Waals surface area contributed by atoms with Crippen molar-refractivity contribution in [2.24, 2.45) is 5.73 Å². The summed E-state index contributed by atoms with van der Waals surface area (Å²) >= 11 is 0. The second kappa shape index (κ2) is 3.27. The van der Waals surface area contributed by atoms with Crippen molar-refractivity contribution in [1.29, 1.82) is 0 Å². The van der Waals surface area contributed by atoms with Crippen molar-refractivity contribution in [2.75, 3.05) is 13.2 Å². The quantitative estimate of drug-likeness (QED) is 0.275. The van der Waals surface area contributed by atoms with Crippen LogP contribution in [0.15, 0.2) is 0 Å². The normalized spacial score (nSPS) is 41.7. The summed E-state index contributed by atoms with van der Waals surface area (Å²) in [6.07, 6.45) is -0.661. The van der Waals surface area contributed by atoms with E-state index in [1.807, 2.05) is 0 Å². The summed E-state index contributed by atoms with van der Waals surface area (Å²) in [7, 11) is 0. The summed E-state index contributed by atoms with van der Waals surface area (Å²) in [6, 6.07) is -0.637. The van der Waals surface area contributed by atoms with Gasteiger partial charge < -0.3 is 15.9 Å². The van der Waals surface area contributed by atoms with Crippen molar-refractivity contribution in [2.45, 2.75) is 18.2 Å². The molecule has 3 atom stereocenters. The maximum Gasteiger partial charge on any atom is 0.0892 e. The highest BCUT2D eigenvalue weighted by Gasteiger charge is 2.27. The van der Waals surface area contributed by atoms with Crippen LogP contribution in [0.25, 0.3) is 0 Å². The Morgan fingerprint density at radius 2 is 2.30 bits per heavy atom. The third-order valence-corrected chi connectivity index (χ3v) is 1.67. The van der Waals surface area contributed by atoms with Crippen LogP contribution in [-0.2, 0) is 0 Å². The smallest absolute Gasteiger partial charge is 0.0892 e. The molecule has 0 spiro atoms. The zero-order valence-electron chi connectivity index (χ0n) is 5.62. The summed E-state index contributed by atoms with van der Waals surface area (Å²) < 4.78 is 0. The molecule has 60 valence electrons. The fourth-order valence-electron chi connectivity index (χ4n) is 0.966. The van der Waals surface area contributed by atoms with Gasteiger partial charge in [0, 0.05) is 12.6 Å². The van der Waals surface area contributed by atoms with E-state index in [0.717, 1.165) is 0 Å². The van der Waals surface area contributed by atoms with Gasteiger partial charge in [-0.1, -0.05) is 0 Å². The predicted molar refractivity (Wildman–Crippen MR) is 36.0 cm³/mol. The summed E-state index contributed by atoms with van der Waals surface area (Å²) in [5.41, 5.74) is 11.0. The number of hydrazine groups is 1. The molecule has 0 amide bonds. The number of aliphatic hydroxyl groups is 2. The first-order valence-corrected chi connectivity index (χ1v) is 3.28. The van der Waals surface area contributed by atoms with Gasteiger partial charge in [0.05, 0.1) is 18.8 Å². The van der Waals surface area contributed by atoms with Gasteiger partial charge in [0.2, 0.25) is 0 Å². The summed E-state index contributed by atoms with van der Waals surface area (Å²) in [4.78, 5) is 0. The minimum atomic E-state index is -0.661. The first-order chi connectivity index (χ1) is 4.75. The maximum absolute atomic E-state index is 9.25. The molecule has 0 aromatic carbocycles. The Morgan fingerprint density at radius 3 is 2.80 bits per heavy atom. The standard InChI is InChI=1S/C5H13N3O2/c6-3-1-7-8-4(2-9)5(3)10/h3-5,7-10H,1-2,6H2/t3-,4-,5+/m0/s1. The number of nitrogens with two attached hydrogens (primary N) is 1. The van der Waals surface area contributed by atoms with Gasteiger partial charge in [-0.15, -0.1) is 0 Å². The van der Waals surface area contributed by atoms with Crippen LogP contribution < -0.4 is 16.6 Å². The molecule has 0 unspecified atom stereocenters. The van der Waals surface area contributed by atoms with Crippen LogP contribution in [0, 0.1) is 0 Å². The fourth-order valence-corrected chi connectivity index (χ4v) is 0.966. The van der Waals surface area contributed by atoms with E-state index in [1.165, 1.54) is 0 Å². The SMILES string of the molecule is N[C@H]1CNN[C@@H](CO)[C@@H]1O. The predicted octanol–water partition coefficient (Wildman–Crippen LogP) is -2.86. The van der Waals surface area contributed by atoms with Gasteiger partial charge in [-0.2, -0.15) is 0 Å². The monoisotopic (exact) mass is 147 g/mol. The van der Waals surface area contributed by atoms with E-state index in [2.05, 4.69) is 10.9 Å². The first kappa shape index (κ1) is 7.90. The van der Waals surface area contributed by atoms with Gasteiger partial charge in [0.1, 0.15) is 0 Å². The van der Waals surface area contributed by atoms with E-state index in [0.29, 0.717) is 6.54 Å². The molecule has 5 nitrogen and oxygen atoms in total. The van der Waals surface area contributed by atoms with Crippen molar-refractivity contribution in [3.05, 3.63) is 0 Å². The molecule has 6 N–H and O–H groups in total. The van der Waals surface area contributed by atoms with Gasteiger partial charge in [-0.25, -0.2) is 5.43 Å². The van der Waals surface area contributed by atoms with E-state index in [9.17, 15) is 5.11 Å². The molecule has 5 heteroatoms. The average Bonchev–Trinajstić information content (AvgIpc) is 1.95. The molecule has 0 saturated carbocycles. The molecule has 1 aliphatic heterocycles. The Labute approximate surface area is 59.2 Å². The Bertz CT molecular complexity index is 111. The summed E-state index contributed by atoms with van der Waals surface area (Å²) in [5.74, 6) is 0. The van der Waals surface area contributed by atoms with Crippen molar-refractivity contribution in [3.8, 4) is 0 Å². The second-order valence-electron chi connectivity index (χ2n) is 2.47. The van der Waals surface area contributed by atoms with Crippen LogP contribution in [0.4, 0.5) is 0 Å². The zero-order chi connectivity index (χ0) is 7.56. The molecule has 0 aliphatic carbocycles. The number of aliphatic hydroxyl groups excluding tert-OH is 2. The second-order valence-corrected chi connectivity index (χ2v) is 2.47. The minimum Gasteiger partial charge on any atom is -0.395 e. The molecule has 1 saturated heterocycles. The van der Waals surface area contributed by atoms with E-state index in [4.69, 9.17) is 10.8 Å². The molecule has 0 radical (unpaired) electrons. The molecule has 0 aromatic rings. The molecule has 1 rings (SSSR count). The Kier molecular flexibility index (Phi) is 2.58. The van der Waals surface area contributed by atoms with Gasteiger partial charge >= 0.3 is 0 Å². The minimum absolute atomic E-state index is 0.109. The number of rotatable bonds is 1. The Morgan fingerprint density at radius 1 is 1.60 bits per heavy atom. The van der Waals surface area contributed by atoms with E-state index in [1.54, 1.807) is 0 Å². The Balaban J connectivity index is 2.42. The molecular weight excluding hydrogens is 134 g/mol.